The minimum atomic E-state index is -1.19. The average molecular weight is 366 g/mol. The van der Waals surface area contributed by atoms with Crippen LogP contribution in [0.5, 0.6) is 0 Å². The third-order valence-corrected chi connectivity index (χ3v) is 5.56. The van der Waals surface area contributed by atoms with E-state index in [2.05, 4.69) is 28.1 Å². The second-order valence-electron chi connectivity index (χ2n) is 5.00. The normalized spacial score (nSPS) is 19.0. The molecule has 5 heteroatoms. The predicted octanol–water partition coefficient (Wildman–Crippen LogP) is 3.45. The summed E-state index contributed by atoms with van der Waals surface area (Å²) in [5, 5.41) is 0. The van der Waals surface area contributed by atoms with Crippen molar-refractivity contribution in [2.45, 2.75) is 17.4 Å². The second kappa shape index (κ2) is 6.30. The van der Waals surface area contributed by atoms with Crippen molar-refractivity contribution in [3.63, 3.8) is 0 Å². The molecule has 110 valence electrons. The molecule has 1 heterocycles. The minimum Gasteiger partial charge on any atom is -0.398 e. The Hall–Kier alpha value is -1.17. The van der Waals surface area contributed by atoms with Gasteiger partial charge in [-0.05, 0) is 35.7 Å². The number of benzene rings is 2. The maximum absolute atomic E-state index is 12.6. The van der Waals surface area contributed by atoms with Gasteiger partial charge in [0.05, 0.1) is 34.2 Å². The summed E-state index contributed by atoms with van der Waals surface area (Å²) in [6.07, 6.45) is 0.785. The molecule has 21 heavy (non-hydrogen) atoms. The van der Waals surface area contributed by atoms with E-state index in [4.69, 9.17) is 10.5 Å². The Labute approximate surface area is 135 Å². The van der Waals surface area contributed by atoms with E-state index >= 15 is 0 Å². The average Bonchev–Trinajstić information content (AvgIpc) is 2.50. The zero-order chi connectivity index (χ0) is 14.8. The summed E-state index contributed by atoms with van der Waals surface area (Å²) < 4.78 is 19.3. The first kappa shape index (κ1) is 14.8. The van der Waals surface area contributed by atoms with Gasteiger partial charge in [0.25, 0.3) is 0 Å². The highest BCUT2D eigenvalue weighted by molar-refractivity contribution is 9.10. The van der Waals surface area contributed by atoms with Crippen LogP contribution in [0.4, 0.5) is 5.69 Å². The number of rotatable bonds is 3. The molecule has 0 spiro atoms. The van der Waals surface area contributed by atoms with Crippen LogP contribution < -0.4 is 5.73 Å². The van der Waals surface area contributed by atoms with Gasteiger partial charge in [0, 0.05) is 10.2 Å². The molecule has 2 aromatic rings. The van der Waals surface area contributed by atoms with Crippen molar-refractivity contribution < 1.29 is 8.95 Å². The molecule has 2 unspecified atom stereocenters. The molecule has 0 aromatic heterocycles. The molecule has 1 aliphatic heterocycles. The van der Waals surface area contributed by atoms with Gasteiger partial charge in [0.2, 0.25) is 0 Å². The topological polar surface area (TPSA) is 52.3 Å². The van der Waals surface area contributed by atoms with E-state index in [1.54, 1.807) is 6.07 Å². The lowest BCUT2D eigenvalue weighted by Crippen LogP contribution is -2.21. The van der Waals surface area contributed by atoms with Gasteiger partial charge in [-0.25, -0.2) is 0 Å². The van der Waals surface area contributed by atoms with E-state index in [1.807, 2.05) is 24.3 Å². The summed E-state index contributed by atoms with van der Waals surface area (Å²) in [5.41, 5.74) is 8.92. The largest absolute Gasteiger partial charge is 0.398 e. The number of ether oxygens (including phenoxy) is 1. The van der Waals surface area contributed by atoms with Crippen molar-refractivity contribution in [2.75, 3.05) is 18.1 Å². The van der Waals surface area contributed by atoms with E-state index in [0.717, 1.165) is 16.5 Å². The van der Waals surface area contributed by atoms with Crippen molar-refractivity contribution in [3.05, 3.63) is 58.1 Å². The summed E-state index contributed by atoms with van der Waals surface area (Å²) in [5.74, 6) is 0.428. The monoisotopic (exact) mass is 365 g/mol. The minimum absolute atomic E-state index is 0.130. The van der Waals surface area contributed by atoms with Gasteiger partial charge in [-0.1, -0.05) is 40.2 Å². The fourth-order valence-corrected chi connectivity index (χ4v) is 4.38. The summed E-state index contributed by atoms with van der Waals surface area (Å²) >= 11 is 3.39. The van der Waals surface area contributed by atoms with Gasteiger partial charge in [-0.2, -0.15) is 0 Å². The van der Waals surface area contributed by atoms with Crippen molar-refractivity contribution >= 4 is 32.4 Å². The van der Waals surface area contributed by atoms with E-state index in [1.165, 1.54) is 5.56 Å². The summed E-state index contributed by atoms with van der Waals surface area (Å²) in [4.78, 5) is 0.663. The summed E-state index contributed by atoms with van der Waals surface area (Å²) in [7, 11) is -1.19. The lowest BCUT2D eigenvalue weighted by Gasteiger charge is -2.25. The fourth-order valence-electron chi connectivity index (χ4n) is 2.55. The van der Waals surface area contributed by atoms with Crippen LogP contribution in [0, 0.1) is 0 Å². The van der Waals surface area contributed by atoms with E-state index in [-0.39, 0.29) is 6.10 Å². The number of hydrogen-bond donors (Lipinski definition) is 1. The maximum Gasteiger partial charge on any atom is 0.0946 e. The smallest absolute Gasteiger partial charge is 0.0946 e. The highest BCUT2D eigenvalue weighted by atomic mass is 79.9. The zero-order valence-corrected chi connectivity index (χ0v) is 13.8. The molecule has 2 aromatic carbocycles. The van der Waals surface area contributed by atoms with E-state index < -0.39 is 10.8 Å². The van der Waals surface area contributed by atoms with Crippen LogP contribution in [0.25, 0.3) is 0 Å². The Morgan fingerprint density at radius 2 is 2.10 bits per heavy atom. The SMILES string of the molecule is Nc1ccc(Br)cc1S(=O)CC1OCCc2ccccc21. The molecule has 0 aliphatic carbocycles. The molecule has 0 saturated carbocycles. The molecular weight excluding hydrogens is 350 g/mol. The molecule has 3 rings (SSSR count). The number of fused-ring (bicyclic) bond motifs is 1. The first-order valence-electron chi connectivity index (χ1n) is 6.78. The van der Waals surface area contributed by atoms with Crippen molar-refractivity contribution in [1.82, 2.24) is 0 Å². The molecule has 1 aliphatic rings. The Balaban J connectivity index is 1.84. The van der Waals surface area contributed by atoms with Gasteiger partial charge < -0.3 is 10.5 Å². The molecule has 0 radical (unpaired) electrons. The predicted molar refractivity (Wildman–Crippen MR) is 88.7 cm³/mol. The van der Waals surface area contributed by atoms with Crippen LogP contribution in [0.15, 0.2) is 51.8 Å². The van der Waals surface area contributed by atoms with Gasteiger partial charge >= 0.3 is 0 Å². The second-order valence-corrected chi connectivity index (χ2v) is 7.38. The van der Waals surface area contributed by atoms with Gasteiger partial charge in [-0.3, -0.25) is 4.21 Å². The Morgan fingerprint density at radius 3 is 2.95 bits per heavy atom. The lowest BCUT2D eigenvalue weighted by molar-refractivity contribution is 0.0582. The molecular formula is C16H16BrNO2S. The van der Waals surface area contributed by atoms with Crippen LogP contribution in [-0.4, -0.2) is 16.6 Å². The maximum atomic E-state index is 12.6. The van der Waals surface area contributed by atoms with E-state index in [0.29, 0.717) is 22.9 Å². The summed E-state index contributed by atoms with van der Waals surface area (Å²) in [6, 6.07) is 13.6. The van der Waals surface area contributed by atoms with Crippen molar-refractivity contribution in [2.24, 2.45) is 0 Å². The molecule has 2 atom stereocenters. The van der Waals surface area contributed by atoms with Crippen molar-refractivity contribution in [3.8, 4) is 0 Å². The van der Waals surface area contributed by atoms with Gasteiger partial charge in [0.15, 0.2) is 0 Å². The highest BCUT2D eigenvalue weighted by Crippen LogP contribution is 2.30. The fraction of sp³-hybridized carbons (Fsp3) is 0.250. The van der Waals surface area contributed by atoms with Crippen LogP contribution in [-0.2, 0) is 22.0 Å². The number of halogens is 1. The number of hydrogen-bond acceptors (Lipinski definition) is 3. The van der Waals surface area contributed by atoms with Crippen molar-refractivity contribution in [1.29, 1.82) is 0 Å². The lowest BCUT2D eigenvalue weighted by atomic mass is 9.99. The quantitative estimate of drug-likeness (QED) is 0.847. The first-order valence-corrected chi connectivity index (χ1v) is 8.89. The first-order chi connectivity index (χ1) is 10.1. The highest BCUT2D eigenvalue weighted by Gasteiger charge is 2.23. The number of nitrogen functional groups attached to an aromatic ring is 1. The molecule has 0 amide bonds. The Kier molecular flexibility index (Phi) is 4.42. The van der Waals surface area contributed by atoms with E-state index in [9.17, 15) is 4.21 Å². The van der Waals surface area contributed by atoms with Crippen LogP contribution in [0.1, 0.15) is 17.2 Å². The third kappa shape index (κ3) is 3.20. The number of anilines is 1. The molecule has 0 saturated heterocycles. The van der Waals surface area contributed by atoms with Crippen LogP contribution in [0.2, 0.25) is 0 Å². The number of nitrogens with two attached hydrogens (primary N) is 1. The Morgan fingerprint density at radius 1 is 1.29 bits per heavy atom. The standard InChI is InChI=1S/C16H16BrNO2S/c17-12-5-6-14(18)16(9-12)21(19)10-15-13-4-2-1-3-11(13)7-8-20-15/h1-6,9,15H,7-8,10,18H2. The molecule has 3 nitrogen and oxygen atoms in total. The van der Waals surface area contributed by atoms with Crippen LogP contribution >= 0.6 is 15.9 Å². The molecule has 0 fully saturated rings. The van der Waals surface area contributed by atoms with Gasteiger partial charge in [-0.15, -0.1) is 0 Å². The zero-order valence-electron chi connectivity index (χ0n) is 11.4. The Bertz CT molecular complexity index is 690. The molecule has 0 bridgehead atoms. The van der Waals surface area contributed by atoms with Crippen LogP contribution in [0.3, 0.4) is 0 Å². The third-order valence-electron chi connectivity index (χ3n) is 3.62. The van der Waals surface area contributed by atoms with Gasteiger partial charge in [0.1, 0.15) is 0 Å². The summed E-state index contributed by atoms with van der Waals surface area (Å²) in [6.45, 7) is 0.673. The molecule has 2 N–H and O–H groups in total.